The Hall–Kier alpha value is -0.410. The fraction of sp³-hybridized carbons (Fsp3) is 0.733. The van der Waals surface area contributed by atoms with Crippen LogP contribution in [-0.4, -0.2) is 60.5 Å². The fourth-order valence-electron chi connectivity index (χ4n) is 2.40. The summed E-state index contributed by atoms with van der Waals surface area (Å²) in [6.45, 7) is 12.5. The number of hydrogen-bond donors (Lipinski definition) is 1. The second-order valence-corrected chi connectivity index (χ2v) is 6.27. The van der Waals surface area contributed by atoms with Gasteiger partial charge in [-0.05, 0) is 26.9 Å². The molecule has 1 atom stereocenters. The van der Waals surface area contributed by atoms with Crippen LogP contribution in [-0.2, 0) is 6.54 Å². The van der Waals surface area contributed by atoms with Gasteiger partial charge in [0, 0.05) is 32.1 Å². The minimum atomic E-state index is 0. The molecule has 1 N–H and O–H groups in total. The van der Waals surface area contributed by atoms with E-state index < -0.39 is 0 Å². The number of nitrogens with zero attached hydrogens (tertiary/aromatic N) is 4. The number of likely N-dealkylation sites (N-methyl/N-ethyl adjacent to an activating group) is 1. The minimum absolute atomic E-state index is 0. The molecular formula is C15H30IN5S. The van der Waals surface area contributed by atoms with Crippen molar-refractivity contribution in [3.63, 3.8) is 0 Å². The first kappa shape index (κ1) is 21.6. The molecule has 0 aromatic carbocycles. The molecule has 0 aliphatic carbocycles. The largest absolute Gasteiger partial charge is 0.355 e. The molecule has 1 unspecified atom stereocenters. The molecule has 0 aliphatic heterocycles. The summed E-state index contributed by atoms with van der Waals surface area (Å²) in [7, 11) is 3.87. The van der Waals surface area contributed by atoms with Gasteiger partial charge in [-0.25, -0.2) is 4.98 Å². The van der Waals surface area contributed by atoms with E-state index in [1.165, 1.54) is 0 Å². The number of aliphatic imine (C=N–C) groups is 1. The van der Waals surface area contributed by atoms with Crippen molar-refractivity contribution in [2.45, 2.75) is 40.3 Å². The summed E-state index contributed by atoms with van der Waals surface area (Å²) in [6, 6.07) is 0.492. The van der Waals surface area contributed by atoms with Crippen molar-refractivity contribution in [3.05, 3.63) is 16.1 Å². The van der Waals surface area contributed by atoms with Gasteiger partial charge in [-0.15, -0.1) is 35.3 Å². The summed E-state index contributed by atoms with van der Waals surface area (Å²) in [6.07, 6.45) is 0. The molecule has 1 heterocycles. The third-order valence-electron chi connectivity index (χ3n) is 3.63. The molecule has 22 heavy (non-hydrogen) atoms. The summed E-state index contributed by atoms with van der Waals surface area (Å²) in [5, 5.41) is 6.67. The first-order valence-electron chi connectivity index (χ1n) is 7.58. The van der Waals surface area contributed by atoms with Gasteiger partial charge in [0.15, 0.2) is 5.96 Å². The molecule has 128 valence electrons. The standard InChI is InChI=1S/C15H29N5S.HI/c1-7-20(8-2)12(3)9-17-15(16-5)19(6)10-14-11-21-13(4)18-14;/h11-12H,7-10H2,1-6H3,(H,16,17);1H. The lowest BCUT2D eigenvalue weighted by Gasteiger charge is -2.28. The quantitative estimate of drug-likeness (QED) is 0.403. The maximum Gasteiger partial charge on any atom is 0.193 e. The molecule has 0 aliphatic rings. The van der Waals surface area contributed by atoms with Gasteiger partial charge in [0.1, 0.15) is 0 Å². The van der Waals surface area contributed by atoms with E-state index in [2.05, 4.69) is 51.2 Å². The van der Waals surface area contributed by atoms with Crippen LogP contribution in [0.5, 0.6) is 0 Å². The number of aromatic nitrogens is 1. The summed E-state index contributed by atoms with van der Waals surface area (Å²) >= 11 is 1.69. The number of guanidine groups is 1. The Balaban J connectivity index is 0.00000441. The molecule has 0 spiro atoms. The zero-order valence-electron chi connectivity index (χ0n) is 14.6. The number of thiazole rings is 1. The third-order valence-corrected chi connectivity index (χ3v) is 4.45. The minimum Gasteiger partial charge on any atom is -0.355 e. The highest BCUT2D eigenvalue weighted by Crippen LogP contribution is 2.09. The lowest BCUT2D eigenvalue weighted by molar-refractivity contribution is 0.230. The van der Waals surface area contributed by atoms with E-state index in [4.69, 9.17) is 0 Å². The van der Waals surface area contributed by atoms with E-state index in [-0.39, 0.29) is 24.0 Å². The van der Waals surface area contributed by atoms with Crippen molar-refractivity contribution >= 4 is 41.3 Å². The predicted molar refractivity (Wildman–Crippen MR) is 107 cm³/mol. The molecule has 7 heteroatoms. The molecular weight excluding hydrogens is 409 g/mol. The van der Waals surface area contributed by atoms with Crippen LogP contribution in [0.2, 0.25) is 0 Å². The van der Waals surface area contributed by atoms with Crippen molar-refractivity contribution in [1.82, 2.24) is 20.1 Å². The van der Waals surface area contributed by atoms with E-state index in [1.807, 2.05) is 21.0 Å². The van der Waals surface area contributed by atoms with Gasteiger partial charge in [-0.3, -0.25) is 9.89 Å². The molecule has 0 saturated heterocycles. The van der Waals surface area contributed by atoms with Crippen LogP contribution in [0.3, 0.4) is 0 Å². The zero-order valence-corrected chi connectivity index (χ0v) is 17.7. The molecule has 0 fully saturated rings. The summed E-state index contributed by atoms with van der Waals surface area (Å²) < 4.78 is 0. The second kappa shape index (κ2) is 11.2. The molecule has 0 amide bonds. The van der Waals surface area contributed by atoms with Gasteiger partial charge in [0.25, 0.3) is 0 Å². The molecule has 0 bridgehead atoms. The van der Waals surface area contributed by atoms with Crippen LogP contribution in [0.1, 0.15) is 31.5 Å². The normalized spacial score (nSPS) is 13.0. The van der Waals surface area contributed by atoms with Gasteiger partial charge >= 0.3 is 0 Å². The molecule has 0 radical (unpaired) electrons. The van der Waals surface area contributed by atoms with Crippen LogP contribution >= 0.6 is 35.3 Å². The maximum absolute atomic E-state index is 4.50. The Kier molecular flexibility index (Phi) is 11.0. The lowest BCUT2D eigenvalue weighted by atomic mass is 10.3. The summed E-state index contributed by atoms with van der Waals surface area (Å²) in [5.41, 5.74) is 1.10. The Bertz CT molecular complexity index is 445. The van der Waals surface area contributed by atoms with Crippen molar-refractivity contribution in [1.29, 1.82) is 0 Å². The Morgan fingerprint density at radius 3 is 2.50 bits per heavy atom. The van der Waals surface area contributed by atoms with Gasteiger partial charge in [0.2, 0.25) is 0 Å². The van der Waals surface area contributed by atoms with Gasteiger partial charge in [-0.1, -0.05) is 13.8 Å². The van der Waals surface area contributed by atoms with E-state index in [9.17, 15) is 0 Å². The van der Waals surface area contributed by atoms with E-state index in [0.717, 1.165) is 42.8 Å². The summed E-state index contributed by atoms with van der Waals surface area (Å²) in [4.78, 5) is 13.4. The predicted octanol–water partition coefficient (Wildman–Crippen LogP) is 2.81. The van der Waals surface area contributed by atoms with Gasteiger partial charge in [0.05, 0.1) is 17.2 Å². The number of hydrogen-bond acceptors (Lipinski definition) is 4. The highest BCUT2D eigenvalue weighted by Gasteiger charge is 2.13. The van der Waals surface area contributed by atoms with Crippen LogP contribution in [0.4, 0.5) is 0 Å². The van der Waals surface area contributed by atoms with Crippen LogP contribution < -0.4 is 5.32 Å². The Labute approximate surface area is 156 Å². The van der Waals surface area contributed by atoms with Crippen molar-refractivity contribution in [2.75, 3.05) is 33.7 Å². The lowest BCUT2D eigenvalue weighted by Crippen LogP contribution is -2.46. The van der Waals surface area contributed by atoms with Gasteiger partial charge in [-0.2, -0.15) is 0 Å². The molecule has 1 aromatic heterocycles. The Morgan fingerprint density at radius 2 is 2.05 bits per heavy atom. The molecule has 1 aromatic rings. The third kappa shape index (κ3) is 6.78. The monoisotopic (exact) mass is 439 g/mol. The number of rotatable bonds is 7. The van der Waals surface area contributed by atoms with Crippen molar-refractivity contribution in [2.24, 2.45) is 4.99 Å². The molecule has 1 rings (SSSR count). The van der Waals surface area contributed by atoms with Crippen molar-refractivity contribution in [3.8, 4) is 0 Å². The van der Waals surface area contributed by atoms with Gasteiger partial charge < -0.3 is 10.2 Å². The van der Waals surface area contributed by atoms with Crippen molar-refractivity contribution < 1.29 is 0 Å². The van der Waals surface area contributed by atoms with Crippen LogP contribution in [0, 0.1) is 6.92 Å². The SMILES string of the molecule is CCN(CC)C(C)CNC(=NC)N(C)Cc1csc(C)n1.I. The molecule has 0 saturated carbocycles. The first-order chi connectivity index (χ1) is 10.0. The number of nitrogens with one attached hydrogen (secondary N) is 1. The second-order valence-electron chi connectivity index (χ2n) is 5.21. The van der Waals surface area contributed by atoms with Crippen LogP contribution in [0.15, 0.2) is 10.4 Å². The highest BCUT2D eigenvalue weighted by atomic mass is 127. The smallest absolute Gasteiger partial charge is 0.193 e. The van der Waals surface area contributed by atoms with E-state index >= 15 is 0 Å². The average molecular weight is 439 g/mol. The first-order valence-corrected chi connectivity index (χ1v) is 8.46. The zero-order chi connectivity index (χ0) is 15.8. The van der Waals surface area contributed by atoms with E-state index in [0.29, 0.717) is 6.04 Å². The maximum atomic E-state index is 4.50. The summed E-state index contributed by atoms with van der Waals surface area (Å²) in [5.74, 6) is 0.916. The Morgan fingerprint density at radius 1 is 1.41 bits per heavy atom. The van der Waals surface area contributed by atoms with E-state index in [1.54, 1.807) is 11.3 Å². The van der Waals surface area contributed by atoms with Crippen LogP contribution in [0.25, 0.3) is 0 Å². The number of halogens is 1. The topological polar surface area (TPSA) is 43.8 Å². The fourth-order valence-corrected chi connectivity index (χ4v) is 3.00. The highest BCUT2D eigenvalue weighted by molar-refractivity contribution is 14.0. The average Bonchev–Trinajstić information content (AvgIpc) is 2.86. The molecule has 5 nitrogen and oxygen atoms in total. The number of aryl methyl sites for hydroxylation is 1.